The minimum atomic E-state index is -1.08. The first-order chi connectivity index (χ1) is 19.1. The minimum absolute atomic E-state index is 0. The summed E-state index contributed by atoms with van der Waals surface area (Å²) < 4.78 is 0. The zero-order chi connectivity index (χ0) is 29.9. The van der Waals surface area contributed by atoms with Crippen LogP contribution in [-0.4, -0.2) is 46.7 Å². The smallest absolute Gasteiger partial charge is 0.550 e. The molecule has 1 fully saturated rings. The largest absolute Gasteiger partial charge is 2.00 e. The summed E-state index contributed by atoms with van der Waals surface area (Å²) in [5.41, 5.74) is 4.05. The molecule has 9 heteroatoms. The van der Waals surface area contributed by atoms with Gasteiger partial charge in [0.15, 0.2) is 0 Å². The van der Waals surface area contributed by atoms with Gasteiger partial charge in [0.2, 0.25) is 0 Å². The Hall–Kier alpha value is -3.17. The molecule has 2 aromatic rings. The van der Waals surface area contributed by atoms with E-state index in [1.54, 1.807) is 12.1 Å². The first-order valence-corrected chi connectivity index (χ1v) is 14.1. The number of carboxylic acids is 2. The number of carboxylic acid groups (broad SMARTS) is 2. The van der Waals surface area contributed by atoms with Crippen molar-refractivity contribution in [3.63, 3.8) is 0 Å². The number of hydrogen-bond acceptors (Lipinski definition) is 8. The van der Waals surface area contributed by atoms with Gasteiger partial charge in [-0.1, -0.05) is 51.7 Å². The quantitative estimate of drug-likeness (QED) is 0.386. The Morgan fingerprint density at radius 2 is 1.12 bits per heavy atom. The standard InChI is InChI=1S/C28H38N2O2.2C2H4O2.Co/c1-3-5-9-21-13-15-27(31)23(17-21)19-29-25-11-7-8-12-26(25)30-20-24-18-22(10-6-4-2)14-16-28(24)32;2*1-2(3)4;/h13-20,25-26,31-32H,3-12H2,1-2H3;2*1H3,(H,3,4);/q;;;+2/p-2. The van der Waals surface area contributed by atoms with Crippen LogP contribution in [0.15, 0.2) is 46.4 Å². The third-order valence-electron chi connectivity index (χ3n) is 6.33. The molecule has 2 N–H and O–H groups in total. The number of phenolic OH excluding ortho intramolecular Hbond substituents is 2. The third-order valence-corrected chi connectivity index (χ3v) is 6.33. The van der Waals surface area contributed by atoms with Gasteiger partial charge in [0.1, 0.15) is 11.5 Å². The van der Waals surface area contributed by atoms with Crippen LogP contribution < -0.4 is 10.2 Å². The van der Waals surface area contributed by atoms with E-state index in [0.29, 0.717) is 0 Å². The van der Waals surface area contributed by atoms with E-state index in [9.17, 15) is 10.2 Å². The Kier molecular flexibility index (Phi) is 19.9. The van der Waals surface area contributed by atoms with E-state index >= 15 is 0 Å². The molecule has 1 saturated carbocycles. The Bertz CT molecular complexity index is 1020. The number of benzene rings is 2. The van der Waals surface area contributed by atoms with Crippen molar-refractivity contribution in [1.29, 1.82) is 0 Å². The number of hydrogen-bond donors (Lipinski definition) is 2. The van der Waals surface area contributed by atoms with E-state index in [1.165, 1.54) is 11.1 Å². The molecule has 2 atom stereocenters. The fourth-order valence-corrected chi connectivity index (χ4v) is 4.28. The van der Waals surface area contributed by atoms with Crippen LogP contribution in [0.3, 0.4) is 0 Å². The van der Waals surface area contributed by atoms with Crippen LogP contribution in [0.5, 0.6) is 11.5 Å². The van der Waals surface area contributed by atoms with Gasteiger partial charge in [0, 0.05) is 35.5 Å². The van der Waals surface area contributed by atoms with E-state index in [0.717, 1.165) is 89.2 Å². The summed E-state index contributed by atoms with van der Waals surface area (Å²) in [6.07, 6.45) is 14.6. The van der Waals surface area contributed by atoms with Gasteiger partial charge < -0.3 is 30.0 Å². The fourth-order valence-electron chi connectivity index (χ4n) is 4.28. The number of aromatic hydroxyl groups is 2. The number of phenols is 2. The minimum Gasteiger partial charge on any atom is -0.550 e. The summed E-state index contributed by atoms with van der Waals surface area (Å²) in [7, 11) is 0. The Morgan fingerprint density at radius 1 is 0.780 bits per heavy atom. The van der Waals surface area contributed by atoms with Crippen molar-refractivity contribution in [3.8, 4) is 11.5 Å². The monoisotopic (exact) mass is 611 g/mol. The van der Waals surface area contributed by atoms with Gasteiger partial charge in [0.25, 0.3) is 0 Å². The predicted octanol–water partition coefficient (Wildman–Crippen LogP) is 4.14. The molecule has 227 valence electrons. The van der Waals surface area contributed by atoms with Crippen molar-refractivity contribution < 1.29 is 46.8 Å². The topological polar surface area (TPSA) is 145 Å². The molecule has 0 bridgehead atoms. The fraction of sp³-hybridized carbons (Fsp3) is 0.500. The van der Waals surface area contributed by atoms with E-state index in [1.807, 2.05) is 24.6 Å². The Balaban J connectivity index is 0.00000158. The van der Waals surface area contributed by atoms with Crippen LogP contribution in [0, 0.1) is 0 Å². The molecular formula is C32H44CoN2O6. The molecule has 0 heterocycles. The maximum Gasteiger partial charge on any atom is 2.00 e. The number of aryl methyl sites for hydroxylation is 2. The van der Waals surface area contributed by atoms with E-state index < -0.39 is 11.9 Å². The van der Waals surface area contributed by atoms with E-state index in [4.69, 9.17) is 29.8 Å². The zero-order valence-electron chi connectivity index (χ0n) is 24.6. The second-order valence-electron chi connectivity index (χ2n) is 9.95. The second-order valence-corrected chi connectivity index (χ2v) is 9.95. The predicted molar refractivity (Wildman–Crippen MR) is 156 cm³/mol. The molecule has 8 nitrogen and oxygen atoms in total. The normalized spacial score (nSPS) is 16.2. The van der Waals surface area contributed by atoms with Crippen molar-refractivity contribution in [1.82, 2.24) is 0 Å². The summed E-state index contributed by atoms with van der Waals surface area (Å²) in [4.78, 5) is 27.5. The molecule has 2 unspecified atom stereocenters. The van der Waals surface area contributed by atoms with Gasteiger partial charge >= 0.3 is 16.8 Å². The summed E-state index contributed by atoms with van der Waals surface area (Å²) in [5.74, 6) is -1.61. The van der Waals surface area contributed by atoms with Crippen LogP contribution in [-0.2, 0) is 39.2 Å². The SMILES string of the molecule is CC(=O)[O-].CC(=O)[O-].CCCCc1ccc(O)c(C=NC2CCCCC2N=Cc2cc(CCCC)ccc2O)c1.[Co+2]. The first kappa shape index (κ1) is 37.8. The van der Waals surface area contributed by atoms with Gasteiger partial charge in [-0.25, -0.2) is 0 Å². The van der Waals surface area contributed by atoms with Crippen molar-refractivity contribution in [2.45, 2.75) is 104 Å². The number of aliphatic carboxylic acids is 2. The van der Waals surface area contributed by atoms with Crippen LogP contribution in [0.1, 0.15) is 101 Å². The van der Waals surface area contributed by atoms with Crippen molar-refractivity contribution >= 4 is 24.4 Å². The molecule has 41 heavy (non-hydrogen) atoms. The first-order valence-electron chi connectivity index (χ1n) is 14.1. The molecule has 1 aliphatic carbocycles. The average molecular weight is 612 g/mol. The summed E-state index contributed by atoms with van der Waals surface area (Å²) in [5, 5.41) is 38.3. The van der Waals surface area contributed by atoms with Crippen LogP contribution in [0.2, 0.25) is 0 Å². The summed E-state index contributed by atoms with van der Waals surface area (Å²) in [6.45, 7) is 6.32. The van der Waals surface area contributed by atoms with Crippen molar-refractivity contribution in [3.05, 3.63) is 58.7 Å². The van der Waals surface area contributed by atoms with E-state index in [-0.39, 0.29) is 40.4 Å². The van der Waals surface area contributed by atoms with Crippen molar-refractivity contribution in [2.75, 3.05) is 0 Å². The molecule has 0 aliphatic heterocycles. The van der Waals surface area contributed by atoms with Gasteiger partial charge in [-0.05, 0) is 87.8 Å². The molecule has 0 aromatic heterocycles. The maximum absolute atomic E-state index is 10.3. The number of unbranched alkanes of at least 4 members (excludes halogenated alkanes) is 2. The molecule has 2 aromatic carbocycles. The summed E-state index contributed by atoms with van der Waals surface area (Å²) >= 11 is 0. The van der Waals surface area contributed by atoms with Crippen molar-refractivity contribution in [2.24, 2.45) is 9.98 Å². The average Bonchev–Trinajstić information content (AvgIpc) is 2.90. The van der Waals surface area contributed by atoms with Gasteiger partial charge in [0.05, 0.1) is 12.1 Å². The summed E-state index contributed by atoms with van der Waals surface area (Å²) in [6, 6.07) is 11.8. The number of carbonyl (C=O) groups is 2. The van der Waals surface area contributed by atoms with Gasteiger partial charge in [-0.2, -0.15) is 0 Å². The number of nitrogens with zero attached hydrogens (tertiary/aromatic N) is 2. The molecule has 0 saturated heterocycles. The molecular weight excluding hydrogens is 567 g/mol. The number of rotatable bonds is 10. The van der Waals surface area contributed by atoms with Crippen LogP contribution >= 0.6 is 0 Å². The second kappa shape index (κ2) is 21.6. The van der Waals surface area contributed by atoms with Gasteiger partial charge in [-0.3, -0.25) is 9.98 Å². The molecule has 0 amide bonds. The molecule has 1 radical (unpaired) electrons. The zero-order valence-corrected chi connectivity index (χ0v) is 25.6. The van der Waals surface area contributed by atoms with Crippen LogP contribution in [0.4, 0.5) is 0 Å². The number of aliphatic imine (C=N–C) groups is 2. The molecule has 0 spiro atoms. The van der Waals surface area contributed by atoms with Gasteiger partial charge in [-0.15, -0.1) is 0 Å². The third kappa shape index (κ3) is 16.6. The van der Waals surface area contributed by atoms with E-state index in [2.05, 4.69) is 26.0 Å². The Morgan fingerprint density at radius 3 is 1.44 bits per heavy atom. The molecule has 1 aliphatic rings. The molecule has 3 rings (SSSR count). The number of carbonyl (C=O) groups excluding carboxylic acids is 2. The van der Waals surface area contributed by atoms with Crippen LogP contribution in [0.25, 0.3) is 0 Å². The Labute approximate surface area is 254 Å². The maximum atomic E-state index is 10.3.